The molecule has 4 rings (SSSR count). The van der Waals surface area contributed by atoms with Crippen molar-refractivity contribution in [3.8, 4) is 11.5 Å². The molecule has 0 bridgehead atoms. The molecule has 4 nitrogen and oxygen atoms in total. The summed E-state index contributed by atoms with van der Waals surface area (Å²) in [6, 6.07) is 16.9. The number of nitrogens with zero attached hydrogens (tertiary/aromatic N) is 1. The molecule has 1 amide bonds. The van der Waals surface area contributed by atoms with Crippen LogP contribution in [-0.4, -0.2) is 10.9 Å². The fraction of sp³-hybridized carbons (Fsp3) is 0.130. The Balaban J connectivity index is 1.64. The average molecular weight is 391 g/mol. The van der Waals surface area contributed by atoms with E-state index in [2.05, 4.69) is 10.3 Å². The number of halogens is 1. The van der Waals surface area contributed by atoms with Gasteiger partial charge >= 0.3 is 0 Å². The number of rotatable bonds is 3. The largest absolute Gasteiger partial charge is 0.436 e. The molecule has 0 spiro atoms. The first-order chi connectivity index (χ1) is 13.4. The van der Waals surface area contributed by atoms with Crippen LogP contribution in [0.3, 0.4) is 0 Å². The number of benzene rings is 3. The van der Waals surface area contributed by atoms with Gasteiger partial charge in [-0.25, -0.2) is 4.98 Å². The molecule has 5 heteroatoms. The van der Waals surface area contributed by atoms with Gasteiger partial charge in [0.05, 0.1) is 10.6 Å². The zero-order valence-corrected chi connectivity index (χ0v) is 16.6. The molecule has 0 saturated carbocycles. The molecule has 28 heavy (non-hydrogen) atoms. The van der Waals surface area contributed by atoms with E-state index < -0.39 is 0 Å². The summed E-state index contributed by atoms with van der Waals surface area (Å²) < 4.78 is 5.84. The van der Waals surface area contributed by atoms with Gasteiger partial charge in [0.25, 0.3) is 5.91 Å². The van der Waals surface area contributed by atoms with Crippen molar-refractivity contribution in [2.75, 3.05) is 5.32 Å². The van der Waals surface area contributed by atoms with Gasteiger partial charge in [-0.05, 0) is 68.3 Å². The summed E-state index contributed by atoms with van der Waals surface area (Å²) in [5, 5.41) is 3.52. The molecule has 1 N–H and O–H groups in total. The second kappa shape index (κ2) is 7.13. The minimum Gasteiger partial charge on any atom is -0.436 e. The Kier molecular flexibility index (Phi) is 4.65. The Morgan fingerprint density at radius 2 is 1.71 bits per heavy atom. The molecule has 0 radical (unpaired) electrons. The van der Waals surface area contributed by atoms with Gasteiger partial charge in [0.15, 0.2) is 5.58 Å². The molecule has 0 saturated heterocycles. The Labute approximate surface area is 168 Å². The fourth-order valence-corrected chi connectivity index (χ4v) is 3.50. The van der Waals surface area contributed by atoms with Crippen LogP contribution in [0, 0.1) is 20.8 Å². The van der Waals surface area contributed by atoms with Gasteiger partial charge in [-0.1, -0.05) is 35.4 Å². The van der Waals surface area contributed by atoms with Gasteiger partial charge in [0.2, 0.25) is 5.89 Å². The maximum atomic E-state index is 12.6. The first-order valence-corrected chi connectivity index (χ1v) is 9.34. The van der Waals surface area contributed by atoms with Crippen LogP contribution in [0.5, 0.6) is 0 Å². The maximum absolute atomic E-state index is 12.6. The number of amides is 1. The van der Waals surface area contributed by atoms with Crippen LogP contribution in [0.15, 0.2) is 59.0 Å². The molecular weight excluding hydrogens is 372 g/mol. The fourth-order valence-electron chi connectivity index (χ4n) is 3.18. The highest BCUT2D eigenvalue weighted by Gasteiger charge is 2.14. The Morgan fingerprint density at radius 3 is 2.46 bits per heavy atom. The summed E-state index contributed by atoms with van der Waals surface area (Å²) in [6.45, 7) is 5.91. The average Bonchev–Trinajstić information content (AvgIpc) is 3.04. The van der Waals surface area contributed by atoms with Crippen LogP contribution < -0.4 is 5.32 Å². The second-order valence-electron chi connectivity index (χ2n) is 6.96. The van der Waals surface area contributed by atoms with Gasteiger partial charge in [0.1, 0.15) is 5.52 Å². The summed E-state index contributed by atoms with van der Waals surface area (Å²) in [5.41, 5.74) is 6.48. The van der Waals surface area contributed by atoms with Crippen molar-refractivity contribution in [2.45, 2.75) is 20.8 Å². The molecule has 0 unspecified atom stereocenters. The van der Waals surface area contributed by atoms with Crippen LogP contribution in [0.4, 0.5) is 5.69 Å². The number of anilines is 1. The number of oxazole rings is 1. The van der Waals surface area contributed by atoms with Crippen LogP contribution >= 0.6 is 11.6 Å². The van der Waals surface area contributed by atoms with Gasteiger partial charge in [-0.3, -0.25) is 4.79 Å². The highest BCUT2D eigenvalue weighted by atomic mass is 35.5. The number of hydrogen-bond donors (Lipinski definition) is 1. The first kappa shape index (κ1) is 18.3. The molecular formula is C23H19ClN2O2. The predicted octanol–water partition coefficient (Wildman–Crippen LogP) is 6.33. The smallest absolute Gasteiger partial charge is 0.255 e. The molecule has 0 aliphatic carbocycles. The third kappa shape index (κ3) is 3.51. The Hall–Kier alpha value is -3.11. The SMILES string of the molecule is Cc1ccc(C(=O)Nc2ccc3oc(-c4ccc(C)cc4Cl)nc3c2)c(C)c1. The molecule has 0 aliphatic rings. The van der Waals surface area contributed by atoms with Crippen molar-refractivity contribution >= 4 is 34.3 Å². The van der Waals surface area contributed by atoms with Crippen molar-refractivity contribution in [1.82, 2.24) is 4.98 Å². The lowest BCUT2D eigenvalue weighted by Crippen LogP contribution is -2.13. The van der Waals surface area contributed by atoms with E-state index in [1.807, 2.05) is 57.2 Å². The number of carbonyl (C=O) groups excluding carboxylic acids is 1. The quantitative estimate of drug-likeness (QED) is 0.445. The Bertz CT molecular complexity index is 1210. The van der Waals surface area contributed by atoms with Gasteiger partial charge in [0, 0.05) is 11.3 Å². The van der Waals surface area contributed by atoms with Crippen molar-refractivity contribution in [3.63, 3.8) is 0 Å². The molecule has 1 aromatic heterocycles. The summed E-state index contributed by atoms with van der Waals surface area (Å²) in [6.07, 6.45) is 0. The number of nitrogens with one attached hydrogen (secondary N) is 1. The van der Waals surface area contributed by atoms with Gasteiger partial charge < -0.3 is 9.73 Å². The summed E-state index contributed by atoms with van der Waals surface area (Å²) in [5.74, 6) is 0.306. The van der Waals surface area contributed by atoms with E-state index in [0.29, 0.717) is 33.3 Å². The molecule has 0 fully saturated rings. The first-order valence-electron chi connectivity index (χ1n) is 8.96. The van der Waals surface area contributed by atoms with Crippen molar-refractivity contribution in [2.24, 2.45) is 0 Å². The lowest BCUT2D eigenvalue weighted by Gasteiger charge is -2.08. The molecule has 0 aliphatic heterocycles. The zero-order chi connectivity index (χ0) is 19.8. The highest BCUT2D eigenvalue weighted by molar-refractivity contribution is 6.33. The molecule has 1 heterocycles. The standard InChI is InChI=1S/C23H19ClN2O2/c1-13-4-7-17(15(3)10-13)22(27)25-16-6-9-21-20(12-16)26-23(28-21)18-8-5-14(2)11-19(18)24/h4-12H,1-3H3,(H,25,27). The maximum Gasteiger partial charge on any atom is 0.255 e. The molecule has 140 valence electrons. The van der Waals surface area contributed by atoms with Crippen LogP contribution in [0.25, 0.3) is 22.6 Å². The molecule has 3 aromatic carbocycles. The van der Waals surface area contributed by atoms with E-state index >= 15 is 0 Å². The predicted molar refractivity (Wildman–Crippen MR) is 113 cm³/mol. The number of aryl methyl sites for hydroxylation is 3. The summed E-state index contributed by atoms with van der Waals surface area (Å²) >= 11 is 6.33. The number of aromatic nitrogens is 1. The third-order valence-electron chi connectivity index (χ3n) is 4.63. The lowest BCUT2D eigenvalue weighted by molar-refractivity contribution is 0.102. The van der Waals surface area contributed by atoms with Crippen LogP contribution in [0.1, 0.15) is 27.0 Å². The third-order valence-corrected chi connectivity index (χ3v) is 4.94. The summed E-state index contributed by atoms with van der Waals surface area (Å²) in [4.78, 5) is 17.2. The highest BCUT2D eigenvalue weighted by Crippen LogP contribution is 2.31. The van der Waals surface area contributed by atoms with Crippen molar-refractivity contribution < 1.29 is 9.21 Å². The van der Waals surface area contributed by atoms with Crippen molar-refractivity contribution in [1.29, 1.82) is 0 Å². The minimum atomic E-state index is -0.151. The van der Waals surface area contributed by atoms with Crippen LogP contribution in [0.2, 0.25) is 5.02 Å². The van der Waals surface area contributed by atoms with E-state index in [-0.39, 0.29) is 5.91 Å². The summed E-state index contributed by atoms with van der Waals surface area (Å²) in [7, 11) is 0. The normalized spacial score (nSPS) is 11.0. The van der Waals surface area contributed by atoms with E-state index in [0.717, 1.165) is 22.3 Å². The van der Waals surface area contributed by atoms with E-state index in [4.69, 9.17) is 16.0 Å². The molecule has 0 atom stereocenters. The van der Waals surface area contributed by atoms with Crippen LogP contribution in [-0.2, 0) is 0 Å². The number of hydrogen-bond acceptors (Lipinski definition) is 3. The number of carbonyl (C=O) groups is 1. The Morgan fingerprint density at radius 1 is 0.964 bits per heavy atom. The van der Waals surface area contributed by atoms with Crippen molar-refractivity contribution in [3.05, 3.63) is 81.9 Å². The van der Waals surface area contributed by atoms with E-state index in [1.54, 1.807) is 18.2 Å². The monoisotopic (exact) mass is 390 g/mol. The zero-order valence-electron chi connectivity index (χ0n) is 15.8. The van der Waals surface area contributed by atoms with E-state index in [9.17, 15) is 4.79 Å². The van der Waals surface area contributed by atoms with Gasteiger partial charge in [-0.15, -0.1) is 0 Å². The van der Waals surface area contributed by atoms with Gasteiger partial charge in [-0.2, -0.15) is 0 Å². The topological polar surface area (TPSA) is 55.1 Å². The lowest BCUT2D eigenvalue weighted by atomic mass is 10.1. The van der Waals surface area contributed by atoms with E-state index in [1.165, 1.54) is 0 Å². The number of fused-ring (bicyclic) bond motifs is 1. The second-order valence-corrected chi connectivity index (χ2v) is 7.36. The molecule has 4 aromatic rings. The minimum absolute atomic E-state index is 0.151.